The van der Waals surface area contributed by atoms with E-state index < -0.39 is 0 Å². The van der Waals surface area contributed by atoms with E-state index in [1.54, 1.807) is 0 Å². The minimum absolute atomic E-state index is 0.113. The molecule has 2 saturated carbocycles. The van der Waals surface area contributed by atoms with Gasteiger partial charge >= 0.3 is 0 Å². The molecule has 1 aromatic carbocycles. The van der Waals surface area contributed by atoms with E-state index in [0.29, 0.717) is 11.7 Å². The van der Waals surface area contributed by atoms with E-state index in [0.717, 1.165) is 49.0 Å². The number of nitrogens with zero attached hydrogens (tertiary/aromatic N) is 4. The number of benzene rings is 1. The number of hydrogen-bond acceptors (Lipinski definition) is 5. The topological polar surface area (TPSA) is 63.1 Å². The zero-order chi connectivity index (χ0) is 22.6. The molecule has 1 saturated heterocycles. The van der Waals surface area contributed by atoms with Crippen molar-refractivity contribution in [2.24, 2.45) is 17.8 Å². The van der Waals surface area contributed by atoms with Crippen LogP contribution >= 0.6 is 11.8 Å². The Labute approximate surface area is 201 Å². The number of amides is 1. The number of thioether (sulfide) groups is 1. The maximum Gasteiger partial charge on any atom is 0.230 e. The molecule has 0 radical (unpaired) electrons. The number of rotatable bonds is 9. The van der Waals surface area contributed by atoms with E-state index in [9.17, 15) is 4.79 Å². The van der Waals surface area contributed by atoms with Crippen LogP contribution in [0.15, 0.2) is 35.5 Å². The van der Waals surface area contributed by atoms with Crippen molar-refractivity contribution >= 4 is 17.7 Å². The molecule has 33 heavy (non-hydrogen) atoms. The maximum atomic E-state index is 12.8. The van der Waals surface area contributed by atoms with Gasteiger partial charge in [-0.15, -0.1) is 10.2 Å². The quantitative estimate of drug-likeness (QED) is 0.556. The van der Waals surface area contributed by atoms with E-state index in [1.165, 1.54) is 62.3 Å². The van der Waals surface area contributed by atoms with Crippen molar-refractivity contribution < 1.29 is 4.79 Å². The van der Waals surface area contributed by atoms with Gasteiger partial charge in [-0.3, -0.25) is 9.69 Å². The molecular formula is C26H37N5OS. The smallest absolute Gasteiger partial charge is 0.230 e. The van der Waals surface area contributed by atoms with Gasteiger partial charge in [0.15, 0.2) is 5.16 Å². The van der Waals surface area contributed by atoms with Gasteiger partial charge < -0.3 is 9.88 Å². The van der Waals surface area contributed by atoms with E-state index >= 15 is 0 Å². The van der Waals surface area contributed by atoms with Crippen LogP contribution in [0.4, 0.5) is 0 Å². The van der Waals surface area contributed by atoms with Crippen molar-refractivity contribution in [1.82, 2.24) is 25.0 Å². The van der Waals surface area contributed by atoms with Crippen LogP contribution in [0, 0.1) is 17.8 Å². The molecule has 5 rings (SSSR count). The highest BCUT2D eigenvalue weighted by Gasteiger charge is 2.42. The highest BCUT2D eigenvalue weighted by atomic mass is 32.2. The van der Waals surface area contributed by atoms with Gasteiger partial charge in [-0.2, -0.15) is 0 Å². The molecule has 1 amide bonds. The lowest BCUT2D eigenvalue weighted by Crippen LogP contribution is -2.41. The molecule has 6 nitrogen and oxygen atoms in total. The second-order valence-electron chi connectivity index (χ2n) is 10.3. The first-order chi connectivity index (χ1) is 16.2. The summed E-state index contributed by atoms with van der Waals surface area (Å²) in [5, 5.41) is 13.2. The van der Waals surface area contributed by atoms with Gasteiger partial charge in [0, 0.05) is 6.04 Å². The summed E-state index contributed by atoms with van der Waals surface area (Å²) in [7, 11) is 0. The highest BCUT2D eigenvalue weighted by Crippen LogP contribution is 2.49. The summed E-state index contributed by atoms with van der Waals surface area (Å²) >= 11 is 1.52. The van der Waals surface area contributed by atoms with Crippen LogP contribution in [-0.2, 0) is 17.9 Å². The summed E-state index contributed by atoms with van der Waals surface area (Å²) in [6, 6.07) is 10.7. The Kier molecular flexibility index (Phi) is 7.36. The molecule has 2 aromatic rings. The lowest BCUT2D eigenvalue weighted by Gasteiger charge is -2.28. The summed E-state index contributed by atoms with van der Waals surface area (Å²) in [4.78, 5) is 15.3. The predicted octanol–water partition coefficient (Wildman–Crippen LogP) is 4.35. The van der Waals surface area contributed by atoms with Crippen LogP contribution < -0.4 is 5.32 Å². The maximum absolute atomic E-state index is 12.8. The third-order valence-electron chi connectivity index (χ3n) is 7.95. The standard InChI is InChI=1S/C26H37N5OS/c1-19(23-15-21-10-11-22(23)14-21)27-25(32)18-33-26-29-28-24(17-30-12-6-3-7-13-30)31(26)16-20-8-4-2-5-9-20/h2,4-5,8-9,19,21-23H,3,6-7,10-18H2,1H3,(H,27,32). The zero-order valence-corrected chi connectivity index (χ0v) is 20.6. The van der Waals surface area contributed by atoms with Crippen LogP contribution in [0.1, 0.15) is 63.3 Å². The number of fused-ring (bicyclic) bond motifs is 2. The van der Waals surface area contributed by atoms with Crippen molar-refractivity contribution in [3.05, 3.63) is 41.7 Å². The Hall–Kier alpha value is -1.86. The minimum Gasteiger partial charge on any atom is -0.353 e. The Morgan fingerprint density at radius 1 is 1.09 bits per heavy atom. The van der Waals surface area contributed by atoms with Gasteiger partial charge in [-0.25, -0.2) is 0 Å². The first kappa shape index (κ1) is 22.9. The molecule has 3 aliphatic rings. The first-order valence-electron chi connectivity index (χ1n) is 12.8. The predicted molar refractivity (Wildman–Crippen MR) is 132 cm³/mol. The van der Waals surface area contributed by atoms with Crippen molar-refractivity contribution in [2.75, 3.05) is 18.8 Å². The molecule has 2 aliphatic carbocycles. The van der Waals surface area contributed by atoms with Crippen molar-refractivity contribution in [3.8, 4) is 0 Å². The number of carbonyl (C=O) groups is 1. The fourth-order valence-corrected chi connectivity index (χ4v) is 6.99. The van der Waals surface area contributed by atoms with Gasteiger partial charge in [0.05, 0.1) is 18.8 Å². The molecule has 4 atom stereocenters. The fraction of sp³-hybridized carbons (Fsp3) is 0.654. The summed E-state index contributed by atoms with van der Waals surface area (Å²) < 4.78 is 2.21. The van der Waals surface area contributed by atoms with Crippen LogP contribution in [-0.4, -0.2) is 50.5 Å². The largest absolute Gasteiger partial charge is 0.353 e. The molecule has 178 valence electrons. The number of likely N-dealkylation sites (tertiary alicyclic amines) is 1. The molecule has 1 aromatic heterocycles. The lowest BCUT2D eigenvalue weighted by atomic mass is 9.84. The fourth-order valence-electron chi connectivity index (χ4n) is 6.22. The molecule has 0 spiro atoms. The normalized spacial score (nSPS) is 25.9. The Bertz CT molecular complexity index is 926. The van der Waals surface area contributed by atoms with Gasteiger partial charge in [0.2, 0.25) is 5.91 Å². The van der Waals surface area contributed by atoms with E-state index in [1.807, 2.05) is 6.07 Å². The van der Waals surface area contributed by atoms with Crippen molar-refractivity contribution in [3.63, 3.8) is 0 Å². The van der Waals surface area contributed by atoms with Crippen molar-refractivity contribution in [1.29, 1.82) is 0 Å². The molecule has 1 aliphatic heterocycles. The Balaban J connectivity index is 1.22. The molecular weight excluding hydrogens is 430 g/mol. The number of piperidine rings is 1. The SMILES string of the molecule is CC(NC(=O)CSc1nnc(CN2CCCCC2)n1Cc1ccccc1)C1CC2CCC1C2. The summed E-state index contributed by atoms with van der Waals surface area (Å²) in [5.74, 6) is 3.89. The minimum atomic E-state index is 0.113. The van der Waals surface area contributed by atoms with Crippen molar-refractivity contribution in [2.45, 2.75) is 76.2 Å². The van der Waals surface area contributed by atoms with Crippen LogP contribution in [0.25, 0.3) is 0 Å². The third kappa shape index (κ3) is 5.62. The van der Waals surface area contributed by atoms with Gasteiger partial charge in [0.1, 0.15) is 5.82 Å². The first-order valence-corrected chi connectivity index (χ1v) is 13.7. The second-order valence-corrected chi connectivity index (χ2v) is 11.2. The molecule has 2 heterocycles. The molecule has 7 heteroatoms. The van der Waals surface area contributed by atoms with Crippen LogP contribution in [0.2, 0.25) is 0 Å². The lowest BCUT2D eigenvalue weighted by molar-refractivity contribution is -0.119. The number of aromatic nitrogens is 3. The average molecular weight is 468 g/mol. The van der Waals surface area contributed by atoms with E-state index in [-0.39, 0.29) is 11.9 Å². The van der Waals surface area contributed by atoms with Crippen LogP contribution in [0.5, 0.6) is 0 Å². The summed E-state index contributed by atoms with van der Waals surface area (Å²) in [6.07, 6.45) is 9.27. The second kappa shape index (κ2) is 10.6. The van der Waals surface area contributed by atoms with Crippen LogP contribution in [0.3, 0.4) is 0 Å². The monoisotopic (exact) mass is 467 g/mol. The Morgan fingerprint density at radius 3 is 2.64 bits per heavy atom. The molecule has 2 bridgehead atoms. The van der Waals surface area contributed by atoms with Gasteiger partial charge in [-0.05, 0) is 75.4 Å². The number of nitrogens with one attached hydrogen (secondary N) is 1. The molecule has 1 N–H and O–H groups in total. The molecule has 4 unspecified atom stereocenters. The number of hydrogen-bond donors (Lipinski definition) is 1. The van der Waals surface area contributed by atoms with E-state index in [4.69, 9.17) is 0 Å². The Morgan fingerprint density at radius 2 is 1.91 bits per heavy atom. The molecule has 3 fully saturated rings. The van der Waals surface area contributed by atoms with E-state index in [2.05, 4.69) is 56.2 Å². The van der Waals surface area contributed by atoms with Gasteiger partial charge in [0.25, 0.3) is 0 Å². The zero-order valence-electron chi connectivity index (χ0n) is 19.8. The third-order valence-corrected chi connectivity index (χ3v) is 8.91. The highest BCUT2D eigenvalue weighted by molar-refractivity contribution is 7.99. The number of carbonyl (C=O) groups excluding carboxylic acids is 1. The average Bonchev–Trinajstić information content (AvgIpc) is 3.56. The summed E-state index contributed by atoms with van der Waals surface area (Å²) in [6.45, 7) is 6.02. The summed E-state index contributed by atoms with van der Waals surface area (Å²) in [5.41, 5.74) is 1.23. The van der Waals surface area contributed by atoms with Gasteiger partial charge in [-0.1, -0.05) is 54.9 Å².